The van der Waals surface area contributed by atoms with E-state index in [1.54, 1.807) is 18.4 Å². The molecule has 0 amide bonds. The number of methoxy groups -OCH3 is 1. The molecule has 0 spiro atoms. The number of aromatic nitrogens is 3. The van der Waals surface area contributed by atoms with E-state index in [-0.39, 0.29) is 6.04 Å². The molecule has 1 atom stereocenters. The number of thiophene rings is 1. The number of hydrogen-bond acceptors (Lipinski definition) is 7. The highest BCUT2D eigenvalue weighted by Crippen LogP contribution is 2.31. The Morgan fingerprint density at radius 2 is 2.06 bits per heavy atom. The molecular weight excluding hydrogens is 466 g/mol. The fourth-order valence-electron chi connectivity index (χ4n) is 3.99. The van der Waals surface area contributed by atoms with Crippen molar-refractivity contribution in [2.45, 2.75) is 32.0 Å². The lowest BCUT2D eigenvalue weighted by Crippen LogP contribution is -2.47. The minimum Gasteiger partial charge on any atom is -0.495 e. The van der Waals surface area contributed by atoms with E-state index in [9.17, 15) is 8.42 Å². The van der Waals surface area contributed by atoms with Gasteiger partial charge in [0.1, 0.15) is 5.75 Å². The highest BCUT2D eigenvalue weighted by Gasteiger charge is 2.25. The van der Waals surface area contributed by atoms with Crippen molar-refractivity contribution in [3.63, 3.8) is 0 Å². The van der Waals surface area contributed by atoms with Gasteiger partial charge in [-0.25, -0.2) is 17.8 Å². The standard InChI is InChI=1S/C21H27N5O3S3/c1-29-18-10-4-3-9-17(18)26-20(19-11-7-13-31-19)23-25(21(26)30)15-24-12-6-5-8-16(24)14-22-32(2,27)28/h3-4,7,9-11,13,16,22H,5-6,8,12,14-15H2,1-2H3. The zero-order valence-electron chi connectivity index (χ0n) is 18.1. The summed E-state index contributed by atoms with van der Waals surface area (Å²) in [6.07, 6.45) is 4.27. The van der Waals surface area contributed by atoms with Crippen molar-refractivity contribution in [3.05, 3.63) is 46.5 Å². The third-order valence-electron chi connectivity index (χ3n) is 5.55. The molecule has 3 aromatic rings. The minimum atomic E-state index is -3.24. The number of benzene rings is 1. The lowest BCUT2D eigenvalue weighted by molar-refractivity contribution is 0.106. The predicted octanol–water partition coefficient (Wildman–Crippen LogP) is 3.50. The van der Waals surface area contributed by atoms with Crippen LogP contribution in [0.5, 0.6) is 5.75 Å². The van der Waals surface area contributed by atoms with E-state index < -0.39 is 10.0 Å². The Morgan fingerprint density at radius 1 is 1.25 bits per heavy atom. The number of rotatable bonds is 8. The number of likely N-dealkylation sites (tertiary alicyclic amines) is 1. The van der Waals surface area contributed by atoms with Gasteiger partial charge in [0.05, 0.1) is 30.6 Å². The molecule has 1 fully saturated rings. The van der Waals surface area contributed by atoms with Crippen LogP contribution in [0.3, 0.4) is 0 Å². The van der Waals surface area contributed by atoms with Gasteiger partial charge >= 0.3 is 0 Å². The number of nitrogens with zero attached hydrogens (tertiary/aromatic N) is 4. The molecule has 0 aliphatic carbocycles. The van der Waals surface area contributed by atoms with Gasteiger partial charge < -0.3 is 4.74 Å². The Kier molecular flexibility index (Phi) is 7.11. The van der Waals surface area contributed by atoms with Crippen molar-refractivity contribution in [1.82, 2.24) is 24.0 Å². The number of sulfonamides is 1. The van der Waals surface area contributed by atoms with Crippen molar-refractivity contribution < 1.29 is 13.2 Å². The molecule has 1 unspecified atom stereocenters. The fraction of sp³-hybridized carbons (Fsp3) is 0.429. The zero-order valence-corrected chi connectivity index (χ0v) is 20.5. The van der Waals surface area contributed by atoms with Gasteiger partial charge in [-0.2, -0.15) is 0 Å². The van der Waals surface area contributed by atoms with Gasteiger partial charge in [-0.15, -0.1) is 16.4 Å². The molecule has 32 heavy (non-hydrogen) atoms. The molecule has 1 aliphatic heterocycles. The van der Waals surface area contributed by atoms with Crippen LogP contribution < -0.4 is 9.46 Å². The number of piperidine rings is 1. The van der Waals surface area contributed by atoms with E-state index >= 15 is 0 Å². The van der Waals surface area contributed by atoms with Crippen LogP contribution in [0.1, 0.15) is 19.3 Å². The molecule has 11 heteroatoms. The lowest BCUT2D eigenvalue weighted by atomic mass is 10.0. The number of nitrogens with one attached hydrogen (secondary N) is 1. The third-order valence-corrected chi connectivity index (χ3v) is 7.50. The van der Waals surface area contributed by atoms with Crippen molar-refractivity contribution in [3.8, 4) is 22.1 Å². The Bertz CT molecular complexity index is 1220. The van der Waals surface area contributed by atoms with Crippen LogP contribution in [0.2, 0.25) is 0 Å². The van der Waals surface area contributed by atoms with Crippen molar-refractivity contribution in [2.75, 3.05) is 26.5 Å². The van der Waals surface area contributed by atoms with E-state index in [4.69, 9.17) is 22.1 Å². The molecule has 1 N–H and O–H groups in total. The van der Waals surface area contributed by atoms with Gasteiger partial charge in [0.15, 0.2) is 5.82 Å². The fourth-order valence-corrected chi connectivity index (χ4v) is 5.47. The maximum atomic E-state index is 11.6. The Labute approximate surface area is 197 Å². The topological polar surface area (TPSA) is 81.4 Å². The molecule has 2 aromatic heterocycles. The maximum Gasteiger partial charge on any atom is 0.208 e. The number of hydrogen-bond donors (Lipinski definition) is 1. The second-order valence-electron chi connectivity index (χ2n) is 7.81. The summed E-state index contributed by atoms with van der Waals surface area (Å²) in [5.41, 5.74) is 0.837. The predicted molar refractivity (Wildman–Crippen MR) is 129 cm³/mol. The summed E-state index contributed by atoms with van der Waals surface area (Å²) in [4.78, 5) is 3.27. The molecule has 1 aromatic carbocycles. The third kappa shape index (κ3) is 5.12. The summed E-state index contributed by atoms with van der Waals surface area (Å²) >= 11 is 7.49. The van der Waals surface area contributed by atoms with E-state index in [0.29, 0.717) is 23.7 Å². The first-order valence-corrected chi connectivity index (χ1v) is 13.6. The lowest BCUT2D eigenvalue weighted by Gasteiger charge is -2.35. The van der Waals surface area contributed by atoms with E-state index in [1.165, 1.54) is 6.26 Å². The first kappa shape index (κ1) is 23.1. The van der Waals surface area contributed by atoms with E-state index in [0.717, 1.165) is 42.2 Å². The van der Waals surface area contributed by atoms with Gasteiger partial charge in [0.25, 0.3) is 0 Å². The highest BCUT2D eigenvalue weighted by atomic mass is 32.2. The summed E-state index contributed by atoms with van der Waals surface area (Å²) < 4.78 is 35.8. The van der Waals surface area contributed by atoms with E-state index in [1.807, 2.05) is 51.0 Å². The molecular formula is C21H27N5O3S3. The highest BCUT2D eigenvalue weighted by molar-refractivity contribution is 7.88. The van der Waals surface area contributed by atoms with Crippen LogP contribution in [-0.2, 0) is 16.7 Å². The second kappa shape index (κ2) is 9.84. The first-order valence-electron chi connectivity index (χ1n) is 10.4. The Balaban J connectivity index is 1.71. The normalized spacial score (nSPS) is 17.5. The molecule has 3 heterocycles. The summed E-state index contributed by atoms with van der Waals surface area (Å²) in [5, 5.41) is 6.91. The Morgan fingerprint density at radius 3 is 2.78 bits per heavy atom. The molecule has 1 aliphatic rings. The smallest absolute Gasteiger partial charge is 0.208 e. The van der Waals surface area contributed by atoms with Gasteiger partial charge in [-0.05, 0) is 48.6 Å². The van der Waals surface area contributed by atoms with Crippen LogP contribution >= 0.6 is 23.6 Å². The molecule has 0 radical (unpaired) electrons. The molecule has 0 saturated carbocycles. The van der Waals surface area contributed by atoms with Crippen LogP contribution in [0.4, 0.5) is 0 Å². The van der Waals surface area contributed by atoms with Gasteiger partial charge in [-0.1, -0.05) is 24.6 Å². The second-order valence-corrected chi connectivity index (χ2v) is 11.0. The van der Waals surface area contributed by atoms with Crippen molar-refractivity contribution in [1.29, 1.82) is 0 Å². The molecule has 8 nitrogen and oxygen atoms in total. The number of para-hydroxylation sites is 2. The average Bonchev–Trinajstić information content (AvgIpc) is 3.41. The quantitative estimate of drug-likeness (QED) is 0.484. The monoisotopic (exact) mass is 493 g/mol. The first-order chi connectivity index (χ1) is 15.4. The maximum absolute atomic E-state index is 11.6. The SMILES string of the molecule is COc1ccccc1-n1c(-c2cccs2)nn(CN2CCCCC2CNS(C)(=O)=O)c1=S. The van der Waals surface area contributed by atoms with Gasteiger partial charge in [-0.3, -0.25) is 9.47 Å². The van der Waals surface area contributed by atoms with Crippen LogP contribution in [0.15, 0.2) is 41.8 Å². The van der Waals surface area contributed by atoms with Gasteiger partial charge in [0.2, 0.25) is 14.8 Å². The summed E-state index contributed by atoms with van der Waals surface area (Å²) in [6.45, 7) is 1.75. The largest absolute Gasteiger partial charge is 0.495 e. The molecule has 0 bridgehead atoms. The van der Waals surface area contributed by atoms with Crippen LogP contribution in [0.25, 0.3) is 16.4 Å². The van der Waals surface area contributed by atoms with Crippen LogP contribution in [-0.4, -0.2) is 60.2 Å². The number of ether oxygens (including phenoxy) is 1. The summed E-state index contributed by atoms with van der Waals surface area (Å²) in [7, 11) is -1.60. The van der Waals surface area contributed by atoms with Crippen molar-refractivity contribution in [2.24, 2.45) is 0 Å². The molecule has 172 valence electrons. The summed E-state index contributed by atoms with van der Waals surface area (Å²) in [6, 6.07) is 11.9. The summed E-state index contributed by atoms with van der Waals surface area (Å²) in [5.74, 6) is 1.48. The zero-order chi connectivity index (χ0) is 22.7. The minimum absolute atomic E-state index is 0.0991. The van der Waals surface area contributed by atoms with E-state index in [2.05, 4.69) is 9.62 Å². The Hall–Kier alpha value is -2.05. The average molecular weight is 494 g/mol. The molecule has 1 saturated heterocycles. The molecule has 4 rings (SSSR count). The van der Waals surface area contributed by atoms with Gasteiger partial charge in [0, 0.05) is 19.1 Å². The van der Waals surface area contributed by atoms with Crippen LogP contribution in [0, 0.1) is 4.77 Å². The van der Waals surface area contributed by atoms with Crippen molar-refractivity contribution >= 4 is 33.6 Å².